The number of nitrogens with zero attached hydrogens (tertiary/aromatic N) is 4. The zero-order valence-corrected chi connectivity index (χ0v) is 15.0. The molecule has 0 amide bonds. The third-order valence-electron chi connectivity index (χ3n) is 3.42. The van der Waals surface area contributed by atoms with Gasteiger partial charge in [0.1, 0.15) is 11.6 Å². The summed E-state index contributed by atoms with van der Waals surface area (Å²) in [5.74, 6) is 2.46. The summed E-state index contributed by atoms with van der Waals surface area (Å²) in [5.41, 5.74) is 1.11. The van der Waals surface area contributed by atoms with Gasteiger partial charge >= 0.3 is 0 Å². The Labute approximate surface area is 137 Å². The largest absolute Gasteiger partial charge is 0.241 e. The van der Waals surface area contributed by atoms with Gasteiger partial charge in [0.15, 0.2) is 0 Å². The Balaban J connectivity index is 2.15. The maximum absolute atomic E-state index is 4.47. The van der Waals surface area contributed by atoms with Crippen molar-refractivity contribution >= 4 is 11.8 Å². The molecule has 2 heterocycles. The van der Waals surface area contributed by atoms with Crippen LogP contribution in [0.15, 0.2) is 29.7 Å². The van der Waals surface area contributed by atoms with Crippen molar-refractivity contribution in [3.63, 3.8) is 0 Å². The summed E-state index contributed by atoms with van der Waals surface area (Å²) in [7, 11) is 0. The lowest BCUT2D eigenvalue weighted by Gasteiger charge is -2.24. The fourth-order valence-corrected chi connectivity index (χ4v) is 3.00. The van der Waals surface area contributed by atoms with Crippen molar-refractivity contribution < 1.29 is 0 Å². The molecule has 0 unspecified atom stereocenters. The van der Waals surface area contributed by atoms with E-state index in [1.54, 1.807) is 11.8 Å². The molecule has 0 aliphatic carbocycles. The third-order valence-corrected chi connectivity index (χ3v) is 4.61. The van der Waals surface area contributed by atoms with Crippen LogP contribution in [0.1, 0.15) is 70.6 Å². The topological polar surface area (TPSA) is 51.6 Å². The number of aromatic nitrogens is 4. The normalized spacial score (nSPS) is 12.2. The monoisotopic (exact) mass is 316 g/mol. The van der Waals surface area contributed by atoms with Gasteiger partial charge in [0, 0.05) is 51.8 Å². The fraction of sp³-hybridized carbons (Fsp3) is 0.529. The smallest absolute Gasteiger partial charge is 0.130 e. The number of hydrogen-bond acceptors (Lipinski definition) is 5. The highest BCUT2D eigenvalue weighted by atomic mass is 32.2. The van der Waals surface area contributed by atoms with E-state index in [0.717, 1.165) is 22.1 Å². The van der Waals surface area contributed by atoms with Crippen LogP contribution in [0.4, 0.5) is 0 Å². The fourth-order valence-electron chi connectivity index (χ4n) is 1.98. The van der Waals surface area contributed by atoms with E-state index in [-0.39, 0.29) is 4.75 Å². The number of hydrogen-bond donors (Lipinski definition) is 0. The molecule has 0 aliphatic heterocycles. The molecule has 0 fully saturated rings. The summed E-state index contributed by atoms with van der Waals surface area (Å²) >= 11 is 1.73. The lowest BCUT2D eigenvalue weighted by molar-refractivity contribution is 0.728. The van der Waals surface area contributed by atoms with Gasteiger partial charge < -0.3 is 0 Å². The van der Waals surface area contributed by atoms with Crippen molar-refractivity contribution in [3.05, 3.63) is 42.0 Å². The first-order valence-electron chi connectivity index (χ1n) is 7.63. The van der Waals surface area contributed by atoms with Crippen LogP contribution in [-0.2, 0) is 4.75 Å². The minimum atomic E-state index is -0.127. The predicted molar refractivity (Wildman–Crippen MR) is 91.1 cm³/mol. The van der Waals surface area contributed by atoms with Gasteiger partial charge in [-0.2, -0.15) is 0 Å². The Kier molecular flexibility index (Phi) is 5.16. The Bertz CT molecular complexity index is 604. The minimum absolute atomic E-state index is 0.127. The molecule has 0 aliphatic rings. The quantitative estimate of drug-likeness (QED) is 0.758. The molecule has 0 atom stereocenters. The minimum Gasteiger partial charge on any atom is -0.241 e. The molecule has 0 saturated carbocycles. The lowest BCUT2D eigenvalue weighted by Crippen LogP contribution is -2.14. The van der Waals surface area contributed by atoms with Gasteiger partial charge in [0.05, 0.1) is 0 Å². The average molecular weight is 316 g/mol. The van der Waals surface area contributed by atoms with Gasteiger partial charge in [0.2, 0.25) is 0 Å². The van der Waals surface area contributed by atoms with E-state index in [9.17, 15) is 0 Å². The molecule has 4 nitrogen and oxygen atoms in total. The first-order valence-corrected chi connectivity index (χ1v) is 8.44. The molecule has 0 aromatic carbocycles. The van der Waals surface area contributed by atoms with Gasteiger partial charge in [-0.3, -0.25) is 0 Å². The van der Waals surface area contributed by atoms with Gasteiger partial charge in [-0.15, -0.1) is 11.8 Å². The van der Waals surface area contributed by atoms with Gasteiger partial charge in [-0.1, -0.05) is 27.7 Å². The summed E-state index contributed by atoms with van der Waals surface area (Å²) in [6, 6.07) is 0. The van der Waals surface area contributed by atoms with Crippen molar-refractivity contribution in [1.29, 1.82) is 0 Å². The molecular formula is C17H24N4S. The summed E-state index contributed by atoms with van der Waals surface area (Å²) in [6.07, 6.45) is 7.66. The number of thioether (sulfide) groups is 1. The van der Waals surface area contributed by atoms with E-state index in [1.807, 2.05) is 24.8 Å². The summed E-state index contributed by atoms with van der Waals surface area (Å²) in [6.45, 7) is 12.7. The molecule has 0 radical (unpaired) electrons. The maximum atomic E-state index is 4.47. The van der Waals surface area contributed by atoms with Gasteiger partial charge in [-0.05, 0) is 13.8 Å². The van der Waals surface area contributed by atoms with Crippen LogP contribution in [0.5, 0.6) is 0 Å². The van der Waals surface area contributed by atoms with Crippen molar-refractivity contribution in [3.8, 4) is 0 Å². The van der Waals surface area contributed by atoms with E-state index in [2.05, 4.69) is 61.5 Å². The van der Waals surface area contributed by atoms with E-state index >= 15 is 0 Å². The predicted octanol–water partition coefficient (Wildman–Crippen LogP) is 4.54. The highest BCUT2D eigenvalue weighted by Crippen LogP contribution is 2.39. The first-order chi connectivity index (χ1) is 10.3. The standard InChI is InChI=1S/C17H24N4S/c1-11(2)15-18-7-13(8-19-15)17(5,6)22-14-9-20-16(12(3)4)21-10-14/h7-12H,1-6H3. The van der Waals surface area contributed by atoms with Crippen molar-refractivity contribution in [2.45, 2.75) is 63.0 Å². The van der Waals surface area contributed by atoms with Crippen LogP contribution in [0, 0.1) is 0 Å². The molecule has 2 aromatic heterocycles. The SMILES string of the molecule is CC(C)c1ncc(SC(C)(C)c2cnc(C(C)C)nc2)cn1. The zero-order chi connectivity index (χ0) is 16.3. The van der Waals surface area contributed by atoms with Gasteiger partial charge in [0.25, 0.3) is 0 Å². The summed E-state index contributed by atoms with van der Waals surface area (Å²) in [5, 5.41) is 0. The Morgan fingerprint density at radius 2 is 1.18 bits per heavy atom. The Hall–Kier alpha value is -1.49. The van der Waals surface area contributed by atoms with Gasteiger partial charge in [-0.25, -0.2) is 19.9 Å². The van der Waals surface area contributed by atoms with Crippen LogP contribution in [0.3, 0.4) is 0 Å². The number of rotatable bonds is 5. The second-order valence-corrected chi connectivity index (χ2v) is 8.22. The third kappa shape index (κ3) is 4.03. The molecule has 2 rings (SSSR count). The molecule has 2 aromatic rings. The Morgan fingerprint density at radius 1 is 0.773 bits per heavy atom. The van der Waals surface area contributed by atoms with Crippen molar-refractivity contribution in [2.24, 2.45) is 0 Å². The van der Waals surface area contributed by atoms with E-state index in [0.29, 0.717) is 11.8 Å². The highest BCUT2D eigenvalue weighted by Gasteiger charge is 2.24. The van der Waals surface area contributed by atoms with Crippen LogP contribution in [0.25, 0.3) is 0 Å². The second kappa shape index (κ2) is 6.73. The summed E-state index contributed by atoms with van der Waals surface area (Å²) < 4.78 is -0.127. The molecule has 0 spiro atoms. The Morgan fingerprint density at radius 3 is 1.59 bits per heavy atom. The lowest BCUT2D eigenvalue weighted by atomic mass is 10.1. The molecule has 118 valence electrons. The maximum Gasteiger partial charge on any atom is 0.130 e. The first kappa shape index (κ1) is 16.9. The highest BCUT2D eigenvalue weighted by molar-refractivity contribution is 8.00. The van der Waals surface area contributed by atoms with E-state index < -0.39 is 0 Å². The van der Waals surface area contributed by atoms with Crippen molar-refractivity contribution in [1.82, 2.24) is 19.9 Å². The molecule has 5 heteroatoms. The zero-order valence-electron chi connectivity index (χ0n) is 14.2. The van der Waals surface area contributed by atoms with Crippen LogP contribution in [0.2, 0.25) is 0 Å². The molecule has 0 saturated heterocycles. The van der Waals surface area contributed by atoms with E-state index in [1.165, 1.54) is 0 Å². The van der Waals surface area contributed by atoms with E-state index in [4.69, 9.17) is 0 Å². The average Bonchev–Trinajstić information content (AvgIpc) is 2.47. The summed E-state index contributed by atoms with van der Waals surface area (Å²) in [4.78, 5) is 18.9. The van der Waals surface area contributed by atoms with Crippen molar-refractivity contribution in [2.75, 3.05) is 0 Å². The van der Waals surface area contributed by atoms with Crippen LogP contribution >= 0.6 is 11.8 Å². The molecular weight excluding hydrogens is 292 g/mol. The van der Waals surface area contributed by atoms with Crippen LogP contribution < -0.4 is 0 Å². The second-order valence-electron chi connectivity index (χ2n) is 6.53. The molecule has 0 N–H and O–H groups in total. The molecule has 22 heavy (non-hydrogen) atoms. The molecule has 0 bridgehead atoms. The van der Waals surface area contributed by atoms with Crippen LogP contribution in [-0.4, -0.2) is 19.9 Å².